The van der Waals surface area contributed by atoms with Gasteiger partial charge in [-0.25, -0.2) is 8.42 Å². The van der Waals surface area contributed by atoms with Gasteiger partial charge in [0.1, 0.15) is 11.4 Å². The lowest BCUT2D eigenvalue weighted by Crippen LogP contribution is -2.48. The lowest BCUT2D eigenvalue weighted by atomic mass is 10.1. The first-order chi connectivity index (χ1) is 14.9. The van der Waals surface area contributed by atoms with E-state index in [0.29, 0.717) is 37.7 Å². The summed E-state index contributed by atoms with van der Waals surface area (Å²) in [7, 11) is -1.99. The second kappa shape index (κ2) is 9.18. The maximum absolute atomic E-state index is 12.9. The predicted octanol–water partition coefficient (Wildman–Crippen LogP) is 4.16. The largest absolute Gasteiger partial charge is 0.497 e. The Morgan fingerprint density at radius 2 is 1.71 bits per heavy atom. The van der Waals surface area contributed by atoms with E-state index in [4.69, 9.17) is 32.5 Å². The molecule has 0 atom stereocenters. The van der Waals surface area contributed by atoms with Crippen molar-refractivity contribution in [3.8, 4) is 17.0 Å². The summed E-state index contributed by atoms with van der Waals surface area (Å²) in [5.41, 5.74) is 1.69. The van der Waals surface area contributed by atoms with Crippen LogP contribution in [0.25, 0.3) is 11.3 Å². The number of rotatable bonds is 6. The number of benzene rings is 2. The zero-order chi connectivity index (χ0) is 22.0. The molecular weight excluding hydrogens is 461 g/mol. The highest BCUT2D eigenvalue weighted by atomic mass is 35.5. The van der Waals surface area contributed by atoms with Gasteiger partial charge in [0.2, 0.25) is 10.0 Å². The van der Waals surface area contributed by atoms with Crippen LogP contribution in [0, 0.1) is 0 Å². The summed E-state index contributed by atoms with van der Waals surface area (Å²) >= 11 is 11.9. The van der Waals surface area contributed by atoms with Gasteiger partial charge < -0.3 is 9.26 Å². The molecule has 2 aromatic carbocycles. The molecule has 1 aliphatic rings. The third kappa shape index (κ3) is 4.88. The molecule has 0 bridgehead atoms. The number of hydrogen-bond donors (Lipinski definition) is 0. The maximum Gasteiger partial charge on any atom is 0.243 e. The minimum absolute atomic E-state index is 0.148. The molecule has 7 nitrogen and oxygen atoms in total. The van der Waals surface area contributed by atoms with Crippen LogP contribution < -0.4 is 4.74 Å². The maximum atomic E-state index is 12.9. The molecule has 1 aliphatic heterocycles. The van der Waals surface area contributed by atoms with Crippen molar-refractivity contribution in [1.82, 2.24) is 14.4 Å². The molecule has 3 aromatic rings. The molecule has 0 N–H and O–H groups in total. The van der Waals surface area contributed by atoms with Crippen molar-refractivity contribution in [2.45, 2.75) is 11.4 Å². The van der Waals surface area contributed by atoms with Gasteiger partial charge in [0.25, 0.3) is 0 Å². The van der Waals surface area contributed by atoms with Crippen molar-refractivity contribution in [3.05, 3.63) is 64.3 Å². The fraction of sp³-hybridized carbons (Fsp3) is 0.286. The highest BCUT2D eigenvalue weighted by Gasteiger charge is 2.29. The number of nitrogens with zero attached hydrogens (tertiary/aromatic N) is 3. The Morgan fingerprint density at radius 3 is 2.35 bits per heavy atom. The van der Waals surface area contributed by atoms with E-state index < -0.39 is 10.0 Å². The minimum atomic E-state index is -3.62. The smallest absolute Gasteiger partial charge is 0.243 e. The van der Waals surface area contributed by atoms with Crippen molar-refractivity contribution >= 4 is 33.2 Å². The van der Waals surface area contributed by atoms with Crippen LogP contribution in [0.5, 0.6) is 5.75 Å². The first-order valence-electron chi connectivity index (χ1n) is 9.64. The van der Waals surface area contributed by atoms with Gasteiger partial charge in [0.15, 0.2) is 5.76 Å². The van der Waals surface area contributed by atoms with Gasteiger partial charge in [-0.15, -0.1) is 0 Å². The summed E-state index contributed by atoms with van der Waals surface area (Å²) in [5.74, 6) is 1.51. The molecule has 0 aliphatic carbocycles. The van der Waals surface area contributed by atoms with E-state index >= 15 is 0 Å². The van der Waals surface area contributed by atoms with Gasteiger partial charge >= 0.3 is 0 Å². The minimum Gasteiger partial charge on any atom is -0.497 e. The predicted molar refractivity (Wildman–Crippen MR) is 119 cm³/mol. The van der Waals surface area contributed by atoms with Crippen LogP contribution >= 0.6 is 23.2 Å². The lowest BCUT2D eigenvalue weighted by Gasteiger charge is -2.33. The van der Waals surface area contributed by atoms with Gasteiger partial charge in [-0.3, -0.25) is 4.90 Å². The van der Waals surface area contributed by atoms with E-state index in [2.05, 4.69) is 10.1 Å². The zero-order valence-electron chi connectivity index (χ0n) is 16.8. The molecule has 4 rings (SSSR count). The van der Waals surface area contributed by atoms with E-state index in [-0.39, 0.29) is 9.92 Å². The Morgan fingerprint density at radius 1 is 1.00 bits per heavy atom. The molecule has 1 saturated heterocycles. The fourth-order valence-electron chi connectivity index (χ4n) is 3.42. The Balaban J connectivity index is 1.37. The van der Waals surface area contributed by atoms with Crippen LogP contribution in [-0.4, -0.2) is 56.1 Å². The fourth-order valence-corrected chi connectivity index (χ4v) is 5.23. The van der Waals surface area contributed by atoms with Gasteiger partial charge in [-0.1, -0.05) is 28.4 Å². The highest BCUT2D eigenvalue weighted by Crippen LogP contribution is 2.27. The van der Waals surface area contributed by atoms with E-state index in [9.17, 15) is 8.42 Å². The number of piperazine rings is 1. The summed E-state index contributed by atoms with van der Waals surface area (Å²) in [5, 5.41) is 4.69. The van der Waals surface area contributed by atoms with Crippen LogP contribution in [0.1, 0.15) is 5.76 Å². The van der Waals surface area contributed by atoms with Gasteiger partial charge in [-0.2, -0.15) is 4.31 Å². The molecule has 31 heavy (non-hydrogen) atoms. The van der Waals surface area contributed by atoms with Crippen LogP contribution in [0.2, 0.25) is 10.0 Å². The third-order valence-electron chi connectivity index (χ3n) is 5.18. The summed E-state index contributed by atoms with van der Waals surface area (Å²) < 4.78 is 37.9. The summed E-state index contributed by atoms with van der Waals surface area (Å²) in [6.45, 7) is 2.48. The molecule has 164 valence electrons. The Bertz CT molecular complexity index is 1160. The Kier molecular flexibility index (Phi) is 6.55. The molecule has 0 spiro atoms. The SMILES string of the molecule is COc1ccc(-c2cc(CN3CCN(S(=O)(=O)c4ccc(Cl)c(Cl)c4)CC3)on2)cc1. The van der Waals surface area contributed by atoms with Gasteiger partial charge in [0.05, 0.1) is 28.6 Å². The average Bonchev–Trinajstić information content (AvgIpc) is 3.24. The monoisotopic (exact) mass is 481 g/mol. The number of halogens is 2. The van der Waals surface area contributed by atoms with Crippen molar-refractivity contribution in [2.75, 3.05) is 33.3 Å². The summed E-state index contributed by atoms with van der Waals surface area (Å²) in [6.07, 6.45) is 0. The van der Waals surface area contributed by atoms with Crippen molar-refractivity contribution < 1.29 is 17.7 Å². The van der Waals surface area contributed by atoms with Gasteiger partial charge in [-0.05, 0) is 42.5 Å². The molecule has 0 saturated carbocycles. The number of methoxy groups -OCH3 is 1. The quantitative estimate of drug-likeness (QED) is 0.525. The van der Waals surface area contributed by atoms with Crippen LogP contribution in [0.15, 0.2) is 57.9 Å². The Hall–Kier alpha value is -2.10. The standard InChI is InChI=1S/C21H21Cl2N3O4S/c1-29-16-4-2-15(3-5-16)21-12-17(30-24-21)14-25-8-10-26(11-9-25)31(27,28)18-6-7-19(22)20(23)13-18/h2-7,12-13H,8-11,14H2,1H3. The zero-order valence-corrected chi connectivity index (χ0v) is 19.1. The molecule has 0 amide bonds. The topological polar surface area (TPSA) is 75.9 Å². The van der Waals surface area contributed by atoms with Crippen molar-refractivity contribution in [3.63, 3.8) is 0 Å². The third-order valence-corrected chi connectivity index (χ3v) is 7.82. The average molecular weight is 482 g/mol. The normalized spacial score (nSPS) is 15.8. The lowest BCUT2D eigenvalue weighted by molar-refractivity contribution is 0.166. The Labute approximate surface area is 191 Å². The van der Waals surface area contributed by atoms with Crippen LogP contribution in [0.4, 0.5) is 0 Å². The number of ether oxygens (including phenoxy) is 1. The molecule has 10 heteroatoms. The number of aromatic nitrogens is 1. The van der Waals surface area contributed by atoms with Crippen LogP contribution in [-0.2, 0) is 16.6 Å². The molecule has 0 unspecified atom stereocenters. The van der Waals surface area contributed by atoms with E-state index in [0.717, 1.165) is 22.8 Å². The van der Waals surface area contributed by atoms with Crippen molar-refractivity contribution in [2.24, 2.45) is 0 Å². The first kappa shape index (κ1) is 22.1. The second-order valence-electron chi connectivity index (χ2n) is 7.16. The molecular formula is C21H21Cl2N3O4S. The molecule has 2 heterocycles. The van der Waals surface area contributed by atoms with Crippen molar-refractivity contribution in [1.29, 1.82) is 0 Å². The molecule has 0 radical (unpaired) electrons. The molecule has 1 aromatic heterocycles. The highest BCUT2D eigenvalue weighted by molar-refractivity contribution is 7.89. The number of hydrogen-bond acceptors (Lipinski definition) is 6. The molecule has 1 fully saturated rings. The number of sulfonamides is 1. The summed E-state index contributed by atoms with van der Waals surface area (Å²) in [4.78, 5) is 2.29. The van der Waals surface area contributed by atoms with Gasteiger partial charge in [0, 0.05) is 37.8 Å². The van der Waals surface area contributed by atoms with Crippen LogP contribution in [0.3, 0.4) is 0 Å². The first-order valence-corrected chi connectivity index (χ1v) is 11.8. The van der Waals surface area contributed by atoms with E-state index in [1.807, 2.05) is 30.3 Å². The summed E-state index contributed by atoms with van der Waals surface area (Å²) in [6, 6.07) is 13.9. The van der Waals surface area contributed by atoms with E-state index in [1.165, 1.54) is 22.5 Å². The van der Waals surface area contributed by atoms with E-state index in [1.54, 1.807) is 7.11 Å². The second-order valence-corrected chi connectivity index (χ2v) is 9.92.